The lowest BCUT2D eigenvalue weighted by atomic mass is 9.90. The summed E-state index contributed by atoms with van der Waals surface area (Å²) >= 11 is 1.91. The van der Waals surface area contributed by atoms with Crippen LogP contribution in [0.5, 0.6) is 0 Å². The van der Waals surface area contributed by atoms with E-state index in [1.54, 1.807) is 0 Å². The summed E-state index contributed by atoms with van der Waals surface area (Å²) in [7, 11) is 0. The quantitative estimate of drug-likeness (QED) is 0.828. The summed E-state index contributed by atoms with van der Waals surface area (Å²) in [6, 6.07) is 8.15. The zero-order valence-electron chi connectivity index (χ0n) is 9.36. The first-order valence-corrected chi connectivity index (χ1v) is 6.49. The Hall–Kier alpha value is -0.470. The van der Waals surface area contributed by atoms with Crippen LogP contribution in [0.4, 0.5) is 0 Å². The summed E-state index contributed by atoms with van der Waals surface area (Å²) in [5.74, 6) is 1.18. The Morgan fingerprint density at radius 1 is 1.40 bits per heavy atom. The Morgan fingerprint density at radius 2 is 2.13 bits per heavy atom. The van der Waals surface area contributed by atoms with Gasteiger partial charge in [-0.15, -0.1) is 0 Å². The summed E-state index contributed by atoms with van der Waals surface area (Å²) in [6.07, 6.45) is 2.02. The van der Waals surface area contributed by atoms with Crippen molar-refractivity contribution in [3.63, 3.8) is 0 Å². The molecule has 1 aromatic carbocycles. The Kier molecular flexibility index (Phi) is 3.08. The number of rotatable bonds is 2. The minimum absolute atomic E-state index is 0.0200. The second kappa shape index (κ2) is 4.18. The van der Waals surface area contributed by atoms with E-state index in [2.05, 4.69) is 19.9 Å². The molecule has 1 nitrogen and oxygen atoms in total. The third-order valence-electron chi connectivity index (χ3n) is 3.31. The average Bonchev–Trinajstić information content (AvgIpc) is 2.66. The maximum Gasteiger partial charge on any atom is 0.0936 e. The van der Waals surface area contributed by atoms with Crippen molar-refractivity contribution in [1.82, 2.24) is 0 Å². The molecule has 1 N–H and O–H groups in total. The topological polar surface area (TPSA) is 20.2 Å². The van der Waals surface area contributed by atoms with Crippen LogP contribution in [0.3, 0.4) is 0 Å². The molecular weight excluding hydrogens is 204 g/mol. The molecule has 2 atom stereocenters. The monoisotopic (exact) mass is 222 g/mol. The van der Waals surface area contributed by atoms with Crippen molar-refractivity contribution < 1.29 is 5.11 Å². The Morgan fingerprint density at radius 3 is 2.73 bits per heavy atom. The molecule has 2 rings (SSSR count). The maximum atomic E-state index is 10.4. The van der Waals surface area contributed by atoms with Gasteiger partial charge in [-0.3, -0.25) is 0 Å². The normalized spacial score (nSPS) is 27.9. The molecule has 15 heavy (non-hydrogen) atoms. The highest BCUT2D eigenvalue weighted by atomic mass is 32.2. The van der Waals surface area contributed by atoms with E-state index in [-0.39, 0.29) is 10.9 Å². The molecule has 82 valence electrons. The zero-order valence-corrected chi connectivity index (χ0v) is 10.2. The van der Waals surface area contributed by atoms with Gasteiger partial charge in [0.25, 0.3) is 0 Å². The first kappa shape index (κ1) is 11.0. The van der Waals surface area contributed by atoms with Gasteiger partial charge in [0.05, 0.1) is 6.10 Å². The lowest BCUT2D eigenvalue weighted by Gasteiger charge is -2.30. The summed E-state index contributed by atoms with van der Waals surface area (Å²) in [5.41, 5.74) is 2.29. The van der Waals surface area contributed by atoms with Crippen molar-refractivity contribution in [1.29, 1.82) is 0 Å². The van der Waals surface area contributed by atoms with Gasteiger partial charge in [0.1, 0.15) is 0 Å². The number of aryl methyl sites for hydroxylation is 1. The number of aliphatic hydroxyl groups excluding tert-OH is 1. The van der Waals surface area contributed by atoms with Gasteiger partial charge in [-0.05, 0) is 43.6 Å². The summed E-state index contributed by atoms with van der Waals surface area (Å²) in [6.45, 7) is 4.25. The fourth-order valence-electron chi connectivity index (χ4n) is 2.24. The molecular formula is C13H18OS. The second-order valence-corrected chi connectivity index (χ2v) is 6.15. The molecule has 2 heteroatoms. The molecule has 0 amide bonds. The SMILES string of the molecule is Cc1ccccc1C(O)C1(C)CCCS1. The van der Waals surface area contributed by atoms with Crippen molar-refractivity contribution in [2.75, 3.05) is 5.75 Å². The second-order valence-electron chi connectivity index (χ2n) is 4.52. The summed E-state index contributed by atoms with van der Waals surface area (Å²) < 4.78 is 0.0200. The van der Waals surface area contributed by atoms with Crippen LogP contribution in [0.1, 0.15) is 37.0 Å². The summed E-state index contributed by atoms with van der Waals surface area (Å²) in [4.78, 5) is 0. The van der Waals surface area contributed by atoms with E-state index in [4.69, 9.17) is 0 Å². The van der Waals surface area contributed by atoms with Crippen LogP contribution < -0.4 is 0 Å². The molecule has 1 fully saturated rings. The Bertz CT molecular complexity index is 342. The first-order chi connectivity index (χ1) is 7.13. The van der Waals surface area contributed by atoms with E-state index in [1.807, 2.05) is 30.0 Å². The van der Waals surface area contributed by atoms with Crippen LogP contribution in [0.15, 0.2) is 24.3 Å². The molecule has 1 aliphatic heterocycles. The summed E-state index contributed by atoms with van der Waals surface area (Å²) in [5, 5.41) is 10.4. The van der Waals surface area contributed by atoms with Crippen molar-refractivity contribution in [3.05, 3.63) is 35.4 Å². The zero-order chi connectivity index (χ0) is 10.9. The molecule has 0 aliphatic carbocycles. The minimum Gasteiger partial charge on any atom is -0.387 e. The maximum absolute atomic E-state index is 10.4. The number of hydrogen-bond donors (Lipinski definition) is 1. The Labute approximate surface area is 95.9 Å². The van der Waals surface area contributed by atoms with Crippen LogP contribution in [0, 0.1) is 6.92 Å². The number of hydrogen-bond acceptors (Lipinski definition) is 2. The van der Waals surface area contributed by atoms with E-state index in [1.165, 1.54) is 17.7 Å². The van der Waals surface area contributed by atoms with Gasteiger partial charge in [-0.25, -0.2) is 0 Å². The molecule has 0 spiro atoms. The van der Waals surface area contributed by atoms with Crippen LogP contribution in [0.2, 0.25) is 0 Å². The van der Waals surface area contributed by atoms with E-state index in [0.29, 0.717) is 0 Å². The molecule has 1 aliphatic rings. The molecule has 0 radical (unpaired) electrons. The van der Waals surface area contributed by atoms with Crippen molar-refractivity contribution in [2.45, 2.75) is 37.5 Å². The molecule has 0 bridgehead atoms. The number of benzene rings is 1. The van der Waals surface area contributed by atoms with E-state index in [0.717, 1.165) is 12.0 Å². The molecule has 0 saturated carbocycles. The Balaban J connectivity index is 2.27. The molecule has 2 unspecified atom stereocenters. The number of aliphatic hydroxyl groups is 1. The van der Waals surface area contributed by atoms with E-state index < -0.39 is 0 Å². The van der Waals surface area contributed by atoms with E-state index in [9.17, 15) is 5.11 Å². The van der Waals surface area contributed by atoms with Gasteiger partial charge in [-0.1, -0.05) is 24.3 Å². The molecule has 1 heterocycles. The number of thioether (sulfide) groups is 1. The highest BCUT2D eigenvalue weighted by Crippen LogP contribution is 2.46. The molecule has 0 aromatic heterocycles. The van der Waals surface area contributed by atoms with Crippen molar-refractivity contribution >= 4 is 11.8 Å². The van der Waals surface area contributed by atoms with Gasteiger partial charge in [-0.2, -0.15) is 11.8 Å². The minimum atomic E-state index is -0.328. The largest absolute Gasteiger partial charge is 0.387 e. The third-order valence-corrected chi connectivity index (χ3v) is 4.89. The van der Waals surface area contributed by atoms with Crippen LogP contribution in [-0.2, 0) is 0 Å². The third kappa shape index (κ3) is 2.06. The van der Waals surface area contributed by atoms with Crippen LogP contribution in [0.25, 0.3) is 0 Å². The lowest BCUT2D eigenvalue weighted by molar-refractivity contribution is 0.134. The smallest absolute Gasteiger partial charge is 0.0936 e. The highest BCUT2D eigenvalue weighted by molar-refractivity contribution is 8.00. The standard InChI is InChI=1S/C13H18OS/c1-10-6-3-4-7-11(10)12(14)13(2)8-5-9-15-13/h3-4,6-7,12,14H,5,8-9H2,1-2H3. The highest BCUT2D eigenvalue weighted by Gasteiger charge is 2.38. The van der Waals surface area contributed by atoms with Crippen LogP contribution >= 0.6 is 11.8 Å². The van der Waals surface area contributed by atoms with Gasteiger partial charge in [0.15, 0.2) is 0 Å². The molecule has 1 aromatic rings. The predicted octanol–water partition coefficient (Wildman–Crippen LogP) is 3.31. The lowest BCUT2D eigenvalue weighted by Crippen LogP contribution is -2.26. The van der Waals surface area contributed by atoms with Gasteiger partial charge in [0, 0.05) is 4.75 Å². The average molecular weight is 222 g/mol. The van der Waals surface area contributed by atoms with Crippen molar-refractivity contribution in [2.24, 2.45) is 0 Å². The van der Waals surface area contributed by atoms with Crippen molar-refractivity contribution in [3.8, 4) is 0 Å². The van der Waals surface area contributed by atoms with Crippen LogP contribution in [-0.4, -0.2) is 15.6 Å². The van der Waals surface area contributed by atoms with Gasteiger partial charge < -0.3 is 5.11 Å². The first-order valence-electron chi connectivity index (χ1n) is 5.51. The molecule has 1 saturated heterocycles. The fourth-order valence-corrected chi connectivity index (χ4v) is 3.57. The van der Waals surface area contributed by atoms with E-state index >= 15 is 0 Å². The fraction of sp³-hybridized carbons (Fsp3) is 0.538. The van der Waals surface area contributed by atoms with Gasteiger partial charge in [0.2, 0.25) is 0 Å². The van der Waals surface area contributed by atoms with Gasteiger partial charge >= 0.3 is 0 Å². The predicted molar refractivity (Wildman–Crippen MR) is 66.2 cm³/mol.